The van der Waals surface area contributed by atoms with Crippen LogP contribution in [-0.2, 0) is 9.59 Å². The molecule has 0 spiro atoms. The number of benzene rings is 2. The molecule has 1 saturated heterocycles. The molecule has 3 rings (SSSR count). The van der Waals surface area contributed by atoms with Crippen molar-refractivity contribution in [1.82, 2.24) is 5.43 Å². The molecule has 1 aliphatic rings. The molecule has 2 amide bonds. The van der Waals surface area contributed by atoms with Gasteiger partial charge < -0.3 is 4.74 Å². The molecule has 1 heterocycles. The number of hydrazine groups is 1. The average molecular weight is 452 g/mol. The molecule has 0 aromatic heterocycles. The Morgan fingerprint density at radius 2 is 1.71 bits per heavy atom. The maximum atomic E-state index is 12.6. The Kier molecular flexibility index (Phi) is 4.73. The summed E-state index contributed by atoms with van der Waals surface area (Å²) in [6.45, 7) is 0. The minimum atomic E-state index is -0.454. The van der Waals surface area contributed by atoms with Crippen molar-refractivity contribution in [3.63, 3.8) is 0 Å². The van der Waals surface area contributed by atoms with E-state index in [1.54, 1.807) is 36.4 Å². The van der Waals surface area contributed by atoms with Crippen LogP contribution in [0.25, 0.3) is 6.08 Å². The lowest BCUT2D eigenvalue weighted by molar-refractivity contribution is -0.117. The van der Waals surface area contributed by atoms with Crippen molar-refractivity contribution in [2.75, 3.05) is 12.1 Å². The van der Waals surface area contributed by atoms with E-state index in [-0.39, 0.29) is 5.57 Å². The average Bonchev–Trinajstić information content (AvgIpc) is 2.84. The summed E-state index contributed by atoms with van der Waals surface area (Å²) in [5.41, 5.74) is 3.85. The van der Waals surface area contributed by atoms with Gasteiger partial charge in [-0.3, -0.25) is 15.0 Å². The summed E-state index contributed by atoms with van der Waals surface area (Å²) in [4.78, 5) is 24.8. The summed E-state index contributed by atoms with van der Waals surface area (Å²) < 4.78 is 6.99. The Morgan fingerprint density at radius 3 is 2.38 bits per heavy atom. The molecule has 1 aliphatic heterocycles. The van der Waals surface area contributed by atoms with Crippen molar-refractivity contribution in [2.45, 2.75) is 0 Å². The smallest absolute Gasteiger partial charge is 0.282 e. The first kappa shape index (κ1) is 16.7. The van der Waals surface area contributed by atoms with Crippen molar-refractivity contribution in [1.29, 1.82) is 0 Å². The van der Waals surface area contributed by atoms with Gasteiger partial charge in [0.15, 0.2) is 0 Å². The monoisotopic (exact) mass is 450 g/mol. The fraction of sp³-hybridized carbons (Fsp3) is 0.0588. The molecule has 0 radical (unpaired) electrons. The zero-order chi connectivity index (χ0) is 17.3. The molecule has 0 atom stereocenters. The maximum absolute atomic E-state index is 12.6. The predicted molar refractivity (Wildman–Crippen MR) is 98.4 cm³/mol. The molecule has 7 heteroatoms. The number of hydrogen-bond donors (Lipinski definition) is 1. The number of ether oxygens (including phenoxy) is 1. The SMILES string of the molecule is COc1ccc(Br)cc1/C=C1\C(=O)NN(c2ccc(Br)cc2)C1=O. The number of carbonyl (C=O) groups excluding carboxylic acids is 2. The largest absolute Gasteiger partial charge is 0.496 e. The Bertz CT molecular complexity index is 847. The molecular weight excluding hydrogens is 440 g/mol. The van der Waals surface area contributed by atoms with Gasteiger partial charge >= 0.3 is 0 Å². The van der Waals surface area contributed by atoms with E-state index in [1.165, 1.54) is 18.2 Å². The van der Waals surface area contributed by atoms with Crippen LogP contribution in [-0.4, -0.2) is 18.9 Å². The Labute approximate surface area is 155 Å². The molecule has 2 aromatic carbocycles. The zero-order valence-corrected chi connectivity index (χ0v) is 15.7. The summed E-state index contributed by atoms with van der Waals surface area (Å²) in [6.07, 6.45) is 1.53. The first-order chi connectivity index (χ1) is 11.5. The normalized spacial score (nSPS) is 15.8. The highest BCUT2D eigenvalue weighted by Gasteiger charge is 2.34. The first-order valence-corrected chi connectivity index (χ1v) is 8.54. The second-order valence-electron chi connectivity index (χ2n) is 5.00. The predicted octanol–water partition coefficient (Wildman–Crippen LogP) is 3.68. The summed E-state index contributed by atoms with van der Waals surface area (Å²) in [6, 6.07) is 12.5. The number of anilines is 1. The standard InChI is InChI=1S/C17H12Br2N2O3/c1-24-15-7-4-12(19)8-10(15)9-14-16(22)20-21(17(14)23)13-5-2-11(18)3-6-13/h2-9H,1H3,(H,20,22)/b14-9+. The van der Waals surface area contributed by atoms with Crippen LogP contribution in [0.3, 0.4) is 0 Å². The van der Waals surface area contributed by atoms with E-state index in [4.69, 9.17) is 4.74 Å². The third-order valence-electron chi connectivity index (χ3n) is 3.47. The van der Waals surface area contributed by atoms with E-state index in [9.17, 15) is 9.59 Å². The van der Waals surface area contributed by atoms with Crippen LogP contribution in [0.5, 0.6) is 5.75 Å². The van der Waals surface area contributed by atoms with Crippen LogP contribution in [0, 0.1) is 0 Å². The minimum absolute atomic E-state index is 0.0503. The fourth-order valence-corrected chi connectivity index (χ4v) is 2.95. The van der Waals surface area contributed by atoms with Crippen LogP contribution in [0.4, 0.5) is 5.69 Å². The highest BCUT2D eigenvalue weighted by atomic mass is 79.9. The van der Waals surface area contributed by atoms with Crippen molar-refractivity contribution in [3.05, 3.63) is 62.5 Å². The van der Waals surface area contributed by atoms with Crippen molar-refractivity contribution < 1.29 is 14.3 Å². The third kappa shape index (κ3) is 3.22. The maximum Gasteiger partial charge on any atom is 0.282 e. The Morgan fingerprint density at radius 1 is 1.04 bits per heavy atom. The second-order valence-corrected chi connectivity index (χ2v) is 6.83. The quantitative estimate of drug-likeness (QED) is 0.572. The van der Waals surface area contributed by atoms with E-state index in [0.717, 1.165) is 8.95 Å². The summed E-state index contributed by atoms with van der Waals surface area (Å²) in [7, 11) is 1.54. The molecule has 5 nitrogen and oxygen atoms in total. The van der Waals surface area contributed by atoms with E-state index < -0.39 is 11.8 Å². The number of nitrogens with one attached hydrogen (secondary N) is 1. The highest BCUT2D eigenvalue weighted by Crippen LogP contribution is 2.28. The number of hydrogen-bond acceptors (Lipinski definition) is 3. The van der Waals surface area contributed by atoms with Gasteiger partial charge in [0.25, 0.3) is 11.8 Å². The third-order valence-corrected chi connectivity index (χ3v) is 4.49. The first-order valence-electron chi connectivity index (χ1n) is 6.96. The molecule has 1 N–H and O–H groups in total. The van der Waals surface area contributed by atoms with Gasteiger partial charge in [-0.15, -0.1) is 0 Å². The van der Waals surface area contributed by atoms with Crippen LogP contribution in [0.2, 0.25) is 0 Å². The van der Waals surface area contributed by atoms with Gasteiger partial charge in [0.1, 0.15) is 11.3 Å². The van der Waals surface area contributed by atoms with E-state index in [0.29, 0.717) is 17.0 Å². The van der Waals surface area contributed by atoms with Crippen LogP contribution in [0.1, 0.15) is 5.56 Å². The summed E-state index contributed by atoms with van der Waals surface area (Å²) in [5, 5.41) is 1.23. The molecule has 2 aromatic rings. The van der Waals surface area contributed by atoms with E-state index in [1.807, 2.05) is 6.07 Å². The van der Waals surface area contributed by atoms with Gasteiger partial charge in [-0.2, -0.15) is 0 Å². The molecule has 122 valence electrons. The van der Waals surface area contributed by atoms with Crippen molar-refractivity contribution in [2.24, 2.45) is 0 Å². The molecule has 0 bridgehead atoms. The number of nitrogens with zero attached hydrogens (tertiary/aromatic N) is 1. The van der Waals surface area contributed by atoms with Gasteiger partial charge in [-0.25, -0.2) is 5.01 Å². The molecule has 0 aliphatic carbocycles. The number of halogens is 2. The second kappa shape index (κ2) is 6.78. The van der Waals surface area contributed by atoms with Crippen LogP contribution < -0.4 is 15.2 Å². The topological polar surface area (TPSA) is 58.6 Å². The van der Waals surface area contributed by atoms with Gasteiger partial charge in [0.2, 0.25) is 0 Å². The van der Waals surface area contributed by atoms with Crippen LogP contribution >= 0.6 is 31.9 Å². The fourth-order valence-electron chi connectivity index (χ4n) is 2.30. The molecule has 0 saturated carbocycles. The lowest BCUT2D eigenvalue weighted by Crippen LogP contribution is -2.35. The number of methoxy groups -OCH3 is 1. The summed E-state index contributed by atoms with van der Waals surface area (Å²) >= 11 is 6.71. The van der Waals surface area contributed by atoms with E-state index in [2.05, 4.69) is 37.3 Å². The van der Waals surface area contributed by atoms with Gasteiger partial charge in [-0.1, -0.05) is 31.9 Å². The summed E-state index contributed by atoms with van der Waals surface area (Å²) in [5.74, 6) is -0.289. The molecule has 24 heavy (non-hydrogen) atoms. The van der Waals surface area contributed by atoms with Gasteiger partial charge in [-0.05, 0) is 48.5 Å². The highest BCUT2D eigenvalue weighted by molar-refractivity contribution is 9.10. The molecule has 0 unspecified atom stereocenters. The number of rotatable bonds is 3. The van der Waals surface area contributed by atoms with E-state index >= 15 is 0 Å². The lowest BCUT2D eigenvalue weighted by atomic mass is 10.1. The lowest BCUT2D eigenvalue weighted by Gasteiger charge is -2.14. The zero-order valence-electron chi connectivity index (χ0n) is 12.5. The molecular formula is C17H12Br2N2O3. The van der Waals surface area contributed by atoms with Gasteiger partial charge in [0.05, 0.1) is 12.8 Å². The van der Waals surface area contributed by atoms with Gasteiger partial charge in [0, 0.05) is 14.5 Å². The molecule has 1 fully saturated rings. The van der Waals surface area contributed by atoms with Crippen LogP contribution in [0.15, 0.2) is 57.0 Å². The van der Waals surface area contributed by atoms with Crippen molar-refractivity contribution in [3.8, 4) is 5.75 Å². The number of carbonyl (C=O) groups is 2. The van der Waals surface area contributed by atoms with Crippen molar-refractivity contribution >= 4 is 55.4 Å². The Hall–Kier alpha value is -2.12. The minimum Gasteiger partial charge on any atom is -0.496 e. The Balaban J connectivity index is 1.97. The number of amides is 2.